The van der Waals surface area contributed by atoms with Crippen LogP contribution in [0.1, 0.15) is 12.0 Å². The molecule has 2 aliphatic rings. The summed E-state index contributed by atoms with van der Waals surface area (Å²) in [5, 5.41) is 9.03. The predicted molar refractivity (Wildman–Crippen MR) is 83.0 cm³/mol. The summed E-state index contributed by atoms with van der Waals surface area (Å²) in [6, 6.07) is 7.67. The smallest absolute Gasteiger partial charge is 0.324 e. The summed E-state index contributed by atoms with van der Waals surface area (Å²) in [6.07, 6.45) is 0.891. The van der Waals surface area contributed by atoms with Crippen molar-refractivity contribution in [2.45, 2.75) is 18.9 Å². The lowest BCUT2D eigenvalue weighted by Crippen LogP contribution is -2.52. The Morgan fingerprint density at radius 1 is 1.29 bits per heavy atom. The number of nitrogens with zero attached hydrogens (tertiary/aromatic N) is 2. The molecule has 6 heteroatoms. The maximum absolute atomic E-state index is 12.8. The van der Waals surface area contributed by atoms with Gasteiger partial charge in [0.25, 0.3) is 0 Å². The predicted octanol–water partition coefficient (Wildman–Crippen LogP) is 2.06. The molecule has 2 aliphatic heterocycles. The van der Waals surface area contributed by atoms with Gasteiger partial charge >= 0.3 is 12.0 Å². The number of para-hydroxylation sites is 1. The maximum atomic E-state index is 12.8. The van der Waals surface area contributed by atoms with Crippen LogP contribution in [-0.4, -0.2) is 52.6 Å². The number of anilines is 1. The van der Waals surface area contributed by atoms with Crippen LogP contribution in [0.5, 0.6) is 0 Å². The molecular formula is C15H18N2O3S. The van der Waals surface area contributed by atoms with E-state index in [9.17, 15) is 9.59 Å². The van der Waals surface area contributed by atoms with Crippen LogP contribution in [0.2, 0.25) is 0 Å². The molecule has 21 heavy (non-hydrogen) atoms. The van der Waals surface area contributed by atoms with Gasteiger partial charge in [0, 0.05) is 30.3 Å². The second-order valence-corrected chi connectivity index (χ2v) is 6.48. The van der Waals surface area contributed by atoms with Gasteiger partial charge in [-0.2, -0.15) is 11.8 Å². The van der Waals surface area contributed by atoms with E-state index in [0.717, 1.165) is 17.9 Å². The third-order valence-corrected chi connectivity index (χ3v) is 5.09. The summed E-state index contributed by atoms with van der Waals surface area (Å²) in [5.74, 6) is 0.729. The lowest BCUT2D eigenvalue weighted by Gasteiger charge is -2.37. The number of benzene rings is 1. The van der Waals surface area contributed by atoms with E-state index in [1.165, 1.54) is 5.56 Å². The Hall–Kier alpha value is -1.69. The van der Waals surface area contributed by atoms with Crippen molar-refractivity contribution in [2.75, 3.05) is 29.5 Å². The van der Waals surface area contributed by atoms with E-state index in [0.29, 0.717) is 18.8 Å². The van der Waals surface area contributed by atoms with E-state index >= 15 is 0 Å². The molecule has 0 radical (unpaired) electrons. The zero-order chi connectivity index (χ0) is 14.8. The van der Waals surface area contributed by atoms with Gasteiger partial charge in [0.1, 0.15) is 0 Å². The first-order valence-corrected chi connectivity index (χ1v) is 8.28. The molecule has 0 aromatic heterocycles. The number of rotatable bonds is 2. The van der Waals surface area contributed by atoms with E-state index in [1.54, 1.807) is 21.6 Å². The highest BCUT2D eigenvalue weighted by Crippen LogP contribution is 2.30. The van der Waals surface area contributed by atoms with Crippen molar-refractivity contribution >= 4 is 29.4 Å². The molecule has 1 fully saturated rings. The summed E-state index contributed by atoms with van der Waals surface area (Å²) >= 11 is 1.72. The number of urea groups is 1. The largest absolute Gasteiger partial charge is 0.481 e. The molecule has 5 nitrogen and oxygen atoms in total. The molecule has 0 saturated carbocycles. The number of carboxylic acids is 1. The van der Waals surface area contributed by atoms with Crippen molar-refractivity contribution < 1.29 is 14.7 Å². The lowest BCUT2D eigenvalue weighted by atomic mass is 10.2. The van der Waals surface area contributed by atoms with Gasteiger partial charge in [0.05, 0.1) is 12.5 Å². The molecule has 1 aromatic rings. The summed E-state index contributed by atoms with van der Waals surface area (Å²) in [6.45, 7) is 1.31. The van der Waals surface area contributed by atoms with Crippen LogP contribution in [0.25, 0.3) is 0 Å². The quantitative estimate of drug-likeness (QED) is 0.908. The fourth-order valence-corrected chi connectivity index (χ4v) is 4.03. The number of carbonyl (C=O) groups excluding carboxylic acids is 1. The Kier molecular flexibility index (Phi) is 4.05. The van der Waals surface area contributed by atoms with Gasteiger partial charge in [-0.05, 0) is 18.1 Å². The highest BCUT2D eigenvalue weighted by Gasteiger charge is 2.34. The zero-order valence-corrected chi connectivity index (χ0v) is 12.5. The first-order valence-electron chi connectivity index (χ1n) is 7.12. The molecule has 1 aromatic carbocycles. The number of hydrogen-bond acceptors (Lipinski definition) is 3. The molecule has 112 valence electrons. The lowest BCUT2D eigenvalue weighted by molar-refractivity contribution is -0.137. The summed E-state index contributed by atoms with van der Waals surface area (Å²) in [4.78, 5) is 27.3. The number of fused-ring (bicyclic) bond motifs is 1. The van der Waals surface area contributed by atoms with Gasteiger partial charge in [-0.3, -0.25) is 9.69 Å². The summed E-state index contributed by atoms with van der Waals surface area (Å²) in [7, 11) is 0. The van der Waals surface area contributed by atoms with E-state index in [4.69, 9.17) is 5.11 Å². The van der Waals surface area contributed by atoms with Crippen molar-refractivity contribution in [3.8, 4) is 0 Å². The molecule has 1 unspecified atom stereocenters. The van der Waals surface area contributed by atoms with Crippen molar-refractivity contribution in [2.24, 2.45) is 0 Å². The Bertz CT molecular complexity index is 564. The molecule has 2 heterocycles. The van der Waals surface area contributed by atoms with Gasteiger partial charge in [0.15, 0.2) is 0 Å². The monoisotopic (exact) mass is 306 g/mol. The van der Waals surface area contributed by atoms with Gasteiger partial charge in [-0.1, -0.05) is 18.2 Å². The molecule has 2 amide bonds. The number of amides is 2. The zero-order valence-electron chi connectivity index (χ0n) is 11.7. The van der Waals surface area contributed by atoms with Crippen molar-refractivity contribution in [3.05, 3.63) is 29.8 Å². The second kappa shape index (κ2) is 5.97. The first-order chi connectivity index (χ1) is 10.2. The molecule has 1 atom stereocenters. The maximum Gasteiger partial charge on any atom is 0.324 e. The SMILES string of the molecule is O=C(O)CC1CSCCN1C(=O)N1CCc2ccccc21. The molecule has 3 rings (SSSR count). The van der Waals surface area contributed by atoms with Gasteiger partial charge in [-0.25, -0.2) is 4.79 Å². The molecule has 1 saturated heterocycles. The van der Waals surface area contributed by atoms with Crippen LogP contribution in [0.3, 0.4) is 0 Å². The van der Waals surface area contributed by atoms with Crippen LogP contribution in [0.4, 0.5) is 10.5 Å². The number of carbonyl (C=O) groups is 2. The number of aliphatic carboxylic acids is 1. The minimum Gasteiger partial charge on any atom is -0.481 e. The van der Waals surface area contributed by atoms with Crippen LogP contribution in [0.15, 0.2) is 24.3 Å². The molecule has 0 bridgehead atoms. The average molecular weight is 306 g/mol. The third-order valence-electron chi connectivity index (χ3n) is 4.00. The summed E-state index contributed by atoms with van der Waals surface area (Å²) in [5.41, 5.74) is 2.15. The van der Waals surface area contributed by atoms with E-state index in [-0.39, 0.29) is 18.5 Å². The minimum absolute atomic E-state index is 0.0221. The Morgan fingerprint density at radius 2 is 2.10 bits per heavy atom. The number of thioether (sulfide) groups is 1. The Balaban J connectivity index is 1.79. The van der Waals surface area contributed by atoms with Gasteiger partial charge in [0.2, 0.25) is 0 Å². The fourth-order valence-electron chi connectivity index (χ4n) is 2.97. The molecule has 0 spiro atoms. The Labute approximate surface area is 127 Å². The van der Waals surface area contributed by atoms with E-state index in [1.807, 2.05) is 24.3 Å². The highest BCUT2D eigenvalue weighted by atomic mass is 32.2. The van der Waals surface area contributed by atoms with Crippen molar-refractivity contribution in [1.82, 2.24) is 4.90 Å². The topological polar surface area (TPSA) is 60.9 Å². The molecule has 1 N–H and O–H groups in total. The molecule has 0 aliphatic carbocycles. The van der Waals surface area contributed by atoms with Crippen LogP contribution >= 0.6 is 11.8 Å². The highest BCUT2D eigenvalue weighted by molar-refractivity contribution is 7.99. The van der Waals surface area contributed by atoms with Crippen LogP contribution in [-0.2, 0) is 11.2 Å². The minimum atomic E-state index is -0.845. The number of hydrogen-bond donors (Lipinski definition) is 1. The third kappa shape index (κ3) is 2.85. The van der Waals surface area contributed by atoms with Crippen LogP contribution in [0, 0.1) is 0 Å². The van der Waals surface area contributed by atoms with Crippen molar-refractivity contribution in [3.63, 3.8) is 0 Å². The van der Waals surface area contributed by atoms with E-state index in [2.05, 4.69) is 0 Å². The van der Waals surface area contributed by atoms with Gasteiger partial charge in [-0.15, -0.1) is 0 Å². The first kappa shape index (κ1) is 14.3. The Morgan fingerprint density at radius 3 is 2.90 bits per heavy atom. The second-order valence-electron chi connectivity index (χ2n) is 5.33. The standard InChI is InChI=1S/C15H18N2O3S/c18-14(19)9-12-10-21-8-7-16(12)15(20)17-6-5-11-3-1-2-4-13(11)17/h1-4,12H,5-10H2,(H,18,19). The fraction of sp³-hybridized carbons (Fsp3) is 0.467. The van der Waals surface area contributed by atoms with Gasteiger partial charge < -0.3 is 10.0 Å². The molecular weight excluding hydrogens is 288 g/mol. The van der Waals surface area contributed by atoms with E-state index < -0.39 is 5.97 Å². The van der Waals surface area contributed by atoms with Crippen molar-refractivity contribution in [1.29, 1.82) is 0 Å². The summed E-state index contributed by atoms with van der Waals surface area (Å²) < 4.78 is 0. The average Bonchev–Trinajstić information content (AvgIpc) is 2.90. The normalized spacial score (nSPS) is 21.2. The number of carboxylic acid groups (broad SMARTS) is 1. The van der Waals surface area contributed by atoms with Crippen LogP contribution < -0.4 is 4.90 Å².